The van der Waals surface area contributed by atoms with Gasteiger partial charge in [-0.25, -0.2) is 0 Å². The molecule has 2 aromatic carbocycles. The average molecular weight is 787 g/mol. The van der Waals surface area contributed by atoms with Crippen LogP contribution >= 0.6 is 0 Å². The molecule has 0 amide bonds. The van der Waals surface area contributed by atoms with Crippen molar-refractivity contribution >= 4 is 11.4 Å². The Labute approximate surface area is 259 Å². The first kappa shape index (κ1) is 42.7. The van der Waals surface area contributed by atoms with E-state index in [4.69, 9.17) is 0 Å². The molecule has 26 heteroatoms. The normalized spacial score (nSPS) is 15.7. The molecule has 0 heterocycles. The van der Waals surface area contributed by atoms with Crippen molar-refractivity contribution < 1.29 is 110 Å². The molecule has 0 saturated heterocycles. The molecule has 0 aliphatic heterocycles. The highest BCUT2D eigenvalue weighted by molar-refractivity contribution is 5.65. The van der Waals surface area contributed by atoms with Crippen LogP contribution in [0.5, 0.6) is 0 Å². The quantitative estimate of drug-likeness (QED) is 0.144. The highest BCUT2D eigenvalue weighted by Crippen LogP contribution is 2.68. The maximum atomic E-state index is 15.2. The summed E-state index contributed by atoms with van der Waals surface area (Å²) in [6.45, 7) is 0. The predicted molar refractivity (Wildman–Crippen MR) is 115 cm³/mol. The Hall–Kier alpha value is -3.51. The fourth-order valence-corrected chi connectivity index (χ4v) is 3.71. The van der Waals surface area contributed by atoms with Crippen LogP contribution < -0.4 is 4.90 Å². The van der Waals surface area contributed by atoms with Crippen LogP contribution in [-0.4, -0.2) is 71.4 Å². The Kier molecular flexibility index (Phi) is 10.0. The van der Waals surface area contributed by atoms with E-state index in [1.807, 2.05) is 0 Å². The van der Waals surface area contributed by atoms with Gasteiger partial charge in [0.2, 0.25) is 0 Å². The number of benzene rings is 2. The zero-order valence-electron chi connectivity index (χ0n) is 22.7. The van der Waals surface area contributed by atoms with E-state index in [0.29, 0.717) is 48.5 Å². The van der Waals surface area contributed by atoms with Crippen molar-refractivity contribution in [2.45, 2.75) is 71.4 Å². The Morgan fingerprint density at radius 1 is 0.260 bits per heavy atom. The van der Waals surface area contributed by atoms with Crippen molar-refractivity contribution in [2.24, 2.45) is 0 Å². The first-order valence-electron chi connectivity index (χ1n) is 12.0. The standard InChI is InChI=1S/C24H10F25N/c25-13(26,15(29,30)17(33,34)19(37,38)21(41,42)23(45,46)47)14(27,28)16(31,32)18(35,36)20(39,40)22(43,44)24(48,49)50(11-7-3-1-4-8-11)12-9-5-2-6-10-12/h1-10H. The van der Waals surface area contributed by atoms with Gasteiger partial charge in [-0.05, 0) is 24.3 Å². The topological polar surface area (TPSA) is 3.24 Å². The minimum Gasteiger partial charge on any atom is -0.277 e. The second-order valence-electron chi connectivity index (χ2n) is 9.79. The summed E-state index contributed by atoms with van der Waals surface area (Å²) >= 11 is 0. The molecule has 2 rings (SSSR count). The number of rotatable bonds is 13. The lowest BCUT2D eigenvalue weighted by Crippen LogP contribution is -2.78. The number of nitrogens with zero attached hydrogens (tertiary/aromatic N) is 1. The molecule has 50 heavy (non-hydrogen) atoms. The van der Waals surface area contributed by atoms with Crippen molar-refractivity contribution in [3.8, 4) is 0 Å². The van der Waals surface area contributed by atoms with Gasteiger partial charge in [-0.1, -0.05) is 36.4 Å². The van der Waals surface area contributed by atoms with Gasteiger partial charge < -0.3 is 0 Å². The maximum Gasteiger partial charge on any atom is 0.460 e. The summed E-state index contributed by atoms with van der Waals surface area (Å²) < 4.78 is 346. The second-order valence-corrected chi connectivity index (χ2v) is 9.79. The number of hydrogen-bond acceptors (Lipinski definition) is 1. The lowest BCUT2D eigenvalue weighted by molar-refractivity contribution is -0.481. The molecule has 0 saturated carbocycles. The van der Waals surface area contributed by atoms with Gasteiger partial charge in [0.25, 0.3) is 0 Å². The molecule has 0 atom stereocenters. The number of hydrogen-bond donors (Lipinski definition) is 0. The largest absolute Gasteiger partial charge is 0.460 e. The van der Waals surface area contributed by atoms with Gasteiger partial charge in [0.1, 0.15) is 0 Å². The van der Waals surface area contributed by atoms with Gasteiger partial charge in [0.05, 0.1) is 0 Å². The van der Waals surface area contributed by atoms with E-state index in [2.05, 4.69) is 0 Å². The highest BCUT2D eigenvalue weighted by Gasteiger charge is 2.99. The van der Waals surface area contributed by atoms with Gasteiger partial charge in [-0.2, -0.15) is 110 Å². The van der Waals surface area contributed by atoms with E-state index in [9.17, 15) is 101 Å². The Bertz CT molecular complexity index is 1440. The average Bonchev–Trinajstić information content (AvgIpc) is 2.96. The molecule has 286 valence electrons. The third-order valence-electron chi connectivity index (χ3n) is 6.59. The number of para-hydroxylation sites is 2. The Morgan fingerprint density at radius 2 is 0.460 bits per heavy atom. The fourth-order valence-electron chi connectivity index (χ4n) is 3.71. The molecular formula is C24H10F25N. The van der Waals surface area contributed by atoms with E-state index >= 15 is 8.78 Å². The summed E-state index contributed by atoms with van der Waals surface area (Å²) in [5.41, 5.74) is -2.85. The summed E-state index contributed by atoms with van der Waals surface area (Å²) in [6.07, 6.45) is -8.18. The molecule has 0 spiro atoms. The van der Waals surface area contributed by atoms with Gasteiger partial charge in [0.15, 0.2) is 0 Å². The second kappa shape index (κ2) is 11.8. The minimum absolute atomic E-state index is 0.316. The fraction of sp³-hybridized carbons (Fsp3) is 0.500. The zero-order chi connectivity index (χ0) is 39.8. The van der Waals surface area contributed by atoms with E-state index in [-0.39, 0.29) is 0 Å². The van der Waals surface area contributed by atoms with E-state index in [1.165, 1.54) is 0 Å². The molecule has 0 unspecified atom stereocenters. The van der Waals surface area contributed by atoms with Crippen molar-refractivity contribution in [3.05, 3.63) is 60.7 Å². The van der Waals surface area contributed by atoms with Crippen molar-refractivity contribution in [1.29, 1.82) is 0 Å². The van der Waals surface area contributed by atoms with Crippen LogP contribution in [0.4, 0.5) is 121 Å². The number of anilines is 2. The molecule has 0 N–H and O–H groups in total. The molecule has 2 aromatic rings. The number of alkyl halides is 25. The van der Waals surface area contributed by atoms with Gasteiger partial charge in [-0.3, -0.25) is 4.90 Å². The third-order valence-corrected chi connectivity index (χ3v) is 6.59. The maximum absolute atomic E-state index is 15.2. The Balaban J connectivity index is 2.82. The van der Waals surface area contributed by atoms with Crippen LogP contribution in [0.2, 0.25) is 0 Å². The summed E-state index contributed by atoms with van der Waals surface area (Å²) in [4.78, 5) is -1.35. The van der Waals surface area contributed by atoms with Crippen LogP contribution in [0, 0.1) is 0 Å². The first-order chi connectivity index (χ1) is 21.8. The van der Waals surface area contributed by atoms with Crippen LogP contribution in [0.25, 0.3) is 0 Å². The molecule has 1 nitrogen and oxygen atoms in total. The monoisotopic (exact) mass is 787 g/mol. The third kappa shape index (κ3) is 5.34. The summed E-state index contributed by atoms with van der Waals surface area (Å²) in [5, 5.41) is 0. The summed E-state index contributed by atoms with van der Waals surface area (Å²) in [7, 11) is 0. The van der Waals surface area contributed by atoms with E-state index in [1.54, 1.807) is 0 Å². The van der Waals surface area contributed by atoms with Crippen LogP contribution in [-0.2, 0) is 0 Å². The van der Waals surface area contributed by atoms with Crippen molar-refractivity contribution in [3.63, 3.8) is 0 Å². The molecule has 0 bridgehead atoms. The first-order valence-corrected chi connectivity index (χ1v) is 12.0. The van der Waals surface area contributed by atoms with Crippen LogP contribution in [0.1, 0.15) is 0 Å². The lowest BCUT2D eigenvalue weighted by Gasteiger charge is -2.46. The van der Waals surface area contributed by atoms with Gasteiger partial charge >= 0.3 is 71.4 Å². The molecule has 0 radical (unpaired) electrons. The minimum atomic E-state index is -9.63. The zero-order valence-corrected chi connectivity index (χ0v) is 22.7. The summed E-state index contributed by atoms with van der Waals surface area (Å²) in [6, 6.07) is -1.40. The van der Waals surface area contributed by atoms with Crippen LogP contribution in [0.3, 0.4) is 0 Å². The molecule has 0 aliphatic rings. The summed E-state index contributed by atoms with van der Waals surface area (Å²) in [5.74, 6) is -92.0. The smallest absolute Gasteiger partial charge is 0.277 e. The predicted octanol–water partition coefficient (Wildman–Crippen LogP) is 11.3. The SMILES string of the molecule is FC(F)(F)C(F)(F)C(F)(F)C(F)(F)C(F)(F)C(F)(F)C(F)(F)C(F)(F)C(F)(F)C(F)(F)C(F)(F)C(F)(F)N(c1ccccc1)c1ccccc1. The van der Waals surface area contributed by atoms with E-state index < -0.39 is 87.7 Å². The molecule has 0 fully saturated rings. The Morgan fingerprint density at radius 3 is 0.680 bits per heavy atom. The molecule has 0 aromatic heterocycles. The van der Waals surface area contributed by atoms with E-state index in [0.717, 1.165) is 12.1 Å². The highest BCUT2D eigenvalue weighted by atomic mass is 19.4. The van der Waals surface area contributed by atoms with Gasteiger partial charge in [-0.15, -0.1) is 0 Å². The lowest BCUT2D eigenvalue weighted by atomic mass is 9.85. The van der Waals surface area contributed by atoms with Crippen molar-refractivity contribution in [2.75, 3.05) is 4.90 Å². The molecular weight excluding hydrogens is 777 g/mol. The van der Waals surface area contributed by atoms with Crippen LogP contribution in [0.15, 0.2) is 60.7 Å². The van der Waals surface area contributed by atoms with Crippen molar-refractivity contribution in [1.82, 2.24) is 0 Å². The van der Waals surface area contributed by atoms with Gasteiger partial charge in [0, 0.05) is 11.4 Å². The number of halogens is 25. The molecule has 0 aliphatic carbocycles.